The van der Waals surface area contributed by atoms with E-state index in [4.69, 9.17) is 0 Å². The van der Waals surface area contributed by atoms with Gasteiger partial charge in [0, 0.05) is 42.3 Å². The predicted molar refractivity (Wildman–Crippen MR) is 107 cm³/mol. The standard InChI is InChI=1S/C21H27N5/c1-2-26-11-4-3-5-19(9-12-26)25-21-23-14-18(15-24-21)16-6-7-20-17(13-16)8-10-22-20/h6-8,10,13-15,19,22H,2-5,9,11-12H2,1H3,(H,23,24,25). The van der Waals surface area contributed by atoms with Crippen LogP contribution in [0.4, 0.5) is 5.95 Å². The molecule has 2 N–H and O–H groups in total. The van der Waals surface area contributed by atoms with E-state index in [0.29, 0.717) is 6.04 Å². The number of H-pyrrole nitrogens is 1. The molecule has 1 aliphatic heterocycles. The lowest BCUT2D eigenvalue weighted by Gasteiger charge is -2.27. The number of rotatable bonds is 4. The molecule has 1 aromatic carbocycles. The zero-order chi connectivity index (χ0) is 17.8. The molecule has 0 saturated carbocycles. The maximum atomic E-state index is 4.57. The molecule has 3 aromatic rings. The molecule has 0 radical (unpaired) electrons. The van der Waals surface area contributed by atoms with Crippen molar-refractivity contribution in [3.63, 3.8) is 0 Å². The SMILES string of the molecule is CCN1CCCCC(Nc2ncc(-c3ccc4[nH]ccc4c3)cn2)CC1. The van der Waals surface area contributed by atoms with Crippen molar-refractivity contribution in [2.24, 2.45) is 0 Å². The van der Waals surface area contributed by atoms with E-state index >= 15 is 0 Å². The summed E-state index contributed by atoms with van der Waals surface area (Å²) in [6.45, 7) is 5.78. The van der Waals surface area contributed by atoms with Crippen molar-refractivity contribution >= 4 is 16.9 Å². The minimum atomic E-state index is 0.464. The zero-order valence-electron chi connectivity index (χ0n) is 15.4. The van der Waals surface area contributed by atoms with Crippen molar-refractivity contribution in [3.05, 3.63) is 42.9 Å². The summed E-state index contributed by atoms with van der Waals surface area (Å²) in [7, 11) is 0. The summed E-state index contributed by atoms with van der Waals surface area (Å²) in [5.41, 5.74) is 3.35. The van der Waals surface area contributed by atoms with E-state index in [1.54, 1.807) is 0 Å². The number of likely N-dealkylation sites (tertiary alicyclic amines) is 1. The molecule has 0 spiro atoms. The Morgan fingerprint density at radius 1 is 1.08 bits per heavy atom. The van der Waals surface area contributed by atoms with Gasteiger partial charge in [-0.2, -0.15) is 0 Å². The highest BCUT2D eigenvalue weighted by Crippen LogP contribution is 2.23. The highest BCUT2D eigenvalue weighted by molar-refractivity contribution is 5.84. The second kappa shape index (κ2) is 7.87. The molecular formula is C21H27N5. The predicted octanol–water partition coefficient (Wildman–Crippen LogP) is 4.30. The normalized spacial score (nSPS) is 19.2. The Morgan fingerprint density at radius 3 is 2.81 bits per heavy atom. The van der Waals surface area contributed by atoms with Crippen LogP contribution in [0.2, 0.25) is 0 Å². The fraction of sp³-hybridized carbons (Fsp3) is 0.429. The van der Waals surface area contributed by atoms with Crippen LogP contribution in [0.5, 0.6) is 0 Å². The third-order valence-corrected chi connectivity index (χ3v) is 5.39. The van der Waals surface area contributed by atoms with Crippen LogP contribution < -0.4 is 5.32 Å². The maximum Gasteiger partial charge on any atom is 0.222 e. The van der Waals surface area contributed by atoms with Gasteiger partial charge in [-0.25, -0.2) is 9.97 Å². The fourth-order valence-electron chi connectivity index (χ4n) is 3.75. The summed E-state index contributed by atoms with van der Waals surface area (Å²) in [4.78, 5) is 14.9. The van der Waals surface area contributed by atoms with Gasteiger partial charge in [0.1, 0.15) is 0 Å². The molecule has 2 aromatic heterocycles. The first kappa shape index (κ1) is 17.0. The minimum absolute atomic E-state index is 0.464. The van der Waals surface area contributed by atoms with Crippen molar-refractivity contribution in [1.29, 1.82) is 0 Å². The Kier molecular flexibility index (Phi) is 5.16. The number of fused-ring (bicyclic) bond motifs is 1. The third-order valence-electron chi connectivity index (χ3n) is 5.39. The summed E-state index contributed by atoms with van der Waals surface area (Å²) in [5.74, 6) is 0.741. The van der Waals surface area contributed by atoms with Crippen LogP contribution in [0.1, 0.15) is 32.6 Å². The first-order valence-electron chi connectivity index (χ1n) is 9.70. The smallest absolute Gasteiger partial charge is 0.222 e. The van der Waals surface area contributed by atoms with Gasteiger partial charge in [-0.1, -0.05) is 19.4 Å². The van der Waals surface area contributed by atoms with E-state index in [-0.39, 0.29) is 0 Å². The zero-order valence-corrected chi connectivity index (χ0v) is 15.4. The Hall–Kier alpha value is -2.40. The Labute approximate surface area is 154 Å². The summed E-state index contributed by atoms with van der Waals surface area (Å²) in [6.07, 6.45) is 10.7. The largest absolute Gasteiger partial charge is 0.361 e. The average Bonchev–Trinajstić information content (AvgIpc) is 3.13. The van der Waals surface area contributed by atoms with Gasteiger partial charge in [0.15, 0.2) is 0 Å². The van der Waals surface area contributed by atoms with E-state index < -0.39 is 0 Å². The summed E-state index contributed by atoms with van der Waals surface area (Å²) < 4.78 is 0. The van der Waals surface area contributed by atoms with Crippen LogP contribution in [0.15, 0.2) is 42.9 Å². The summed E-state index contributed by atoms with van der Waals surface area (Å²) in [5, 5.41) is 4.75. The lowest BCUT2D eigenvalue weighted by Crippen LogP contribution is -2.33. The average molecular weight is 349 g/mol. The molecular weight excluding hydrogens is 322 g/mol. The van der Waals surface area contributed by atoms with Gasteiger partial charge in [0.05, 0.1) is 0 Å². The van der Waals surface area contributed by atoms with Gasteiger partial charge in [0.2, 0.25) is 5.95 Å². The number of nitrogens with one attached hydrogen (secondary N) is 2. The molecule has 3 heterocycles. The molecule has 5 heteroatoms. The van der Waals surface area contributed by atoms with Gasteiger partial charge in [0.25, 0.3) is 0 Å². The van der Waals surface area contributed by atoms with E-state index in [1.807, 2.05) is 18.6 Å². The van der Waals surface area contributed by atoms with Gasteiger partial charge in [-0.15, -0.1) is 0 Å². The molecule has 26 heavy (non-hydrogen) atoms. The third kappa shape index (κ3) is 3.88. The maximum absolute atomic E-state index is 4.57. The molecule has 4 rings (SSSR count). The molecule has 0 amide bonds. The van der Waals surface area contributed by atoms with Crippen LogP contribution in [-0.4, -0.2) is 45.5 Å². The van der Waals surface area contributed by atoms with Crippen molar-refractivity contribution < 1.29 is 0 Å². The molecule has 136 valence electrons. The molecule has 1 atom stereocenters. The molecule has 5 nitrogen and oxygen atoms in total. The second-order valence-corrected chi connectivity index (χ2v) is 7.14. The fourth-order valence-corrected chi connectivity index (χ4v) is 3.75. The number of hydrogen-bond donors (Lipinski definition) is 2. The van der Waals surface area contributed by atoms with E-state index in [9.17, 15) is 0 Å². The Bertz CT molecular complexity index is 839. The van der Waals surface area contributed by atoms with Crippen LogP contribution >= 0.6 is 0 Å². The summed E-state index contributed by atoms with van der Waals surface area (Å²) in [6, 6.07) is 8.94. The number of benzene rings is 1. The highest BCUT2D eigenvalue weighted by Gasteiger charge is 2.15. The van der Waals surface area contributed by atoms with Crippen molar-refractivity contribution in [2.45, 2.75) is 38.6 Å². The Balaban J connectivity index is 1.43. The first-order chi connectivity index (χ1) is 12.8. The summed E-state index contributed by atoms with van der Waals surface area (Å²) >= 11 is 0. The monoisotopic (exact) mass is 349 g/mol. The Morgan fingerprint density at radius 2 is 1.96 bits per heavy atom. The highest BCUT2D eigenvalue weighted by atomic mass is 15.1. The quantitative estimate of drug-likeness (QED) is 0.737. The molecule has 0 aliphatic carbocycles. The van der Waals surface area contributed by atoms with Gasteiger partial charge < -0.3 is 15.2 Å². The number of hydrogen-bond acceptors (Lipinski definition) is 4. The van der Waals surface area contributed by atoms with Gasteiger partial charge in [-0.05, 0) is 61.5 Å². The van der Waals surface area contributed by atoms with Crippen LogP contribution in [0, 0.1) is 0 Å². The van der Waals surface area contributed by atoms with Crippen molar-refractivity contribution in [2.75, 3.05) is 25.0 Å². The van der Waals surface area contributed by atoms with Crippen LogP contribution in [-0.2, 0) is 0 Å². The molecule has 1 saturated heterocycles. The first-order valence-corrected chi connectivity index (χ1v) is 9.70. The molecule has 0 bridgehead atoms. The number of nitrogens with zero attached hydrogens (tertiary/aromatic N) is 3. The number of aromatic nitrogens is 3. The van der Waals surface area contributed by atoms with Crippen molar-refractivity contribution in [3.8, 4) is 11.1 Å². The van der Waals surface area contributed by atoms with E-state index in [2.05, 4.69) is 56.4 Å². The van der Waals surface area contributed by atoms with Crippen molar-refractivity contribution in [1.82, 2.24) is 19.9 Å². The lowest BCUT2D eigenvalue weighted by molar-refractivity contribution is 0.253. The molecule has 1 aliphatic rings. The number of anilines is 1. The molecule has 1 fully saturated rings. The second-order valence-electron chi connectivity index (χ2n) is 7.14. The molecule has 1 unspecified atom stereocenters. The van der Waals surface area contributed by atoms with Crippen LogP contribution in [0.3, 0.4) is 0 Å². The number of aromatic amines is 1. The van der Waals surface area contributed by atoms with E-state index in [1.165, 1.54) is 31.2 Å². The lowest BCUT2D eigenvalue weighted by atomic mass is 10.0. The van der Waals surface area contributed by atoms with E-state index in [0.717, 1.165) is 42.1 Å². The van der Waals surface area contributed by atoms with Gasteiger partial charge in [-0.3, -0.25) is 0 Å². The van der Waals surface area contributed by atoms with Gasteiger partial charge >= 0.3 is 0 Å². The topological polar surface area (TPSA) is 56.8 Å². The van der Waals surface area contributed by atoms with Crippen LogP contribution in [0.25, 0.3) is 22.0 Å². The minimum Gasteiger partial charge on any atom is -0.361 e.